The number of anilines is 1. The van der Waals surface area contributed by atoms with E-state index < -0.39 is 14.9 Å². The highest BCUT2D eigenvalue weighted by molar-refractivity contribution is 7.89. The molecule has 0 unspecified atom stereocenters. The first kappa shape index (κ1) is 22.4. The zero-order chi connectivity index (χ0) is 22.7. The maximum atomic E-state index is 13.0. The van der Waals surface area contributed by atoms with Gasteiger partial charge in [-0.1, -0.05) is 6.07 Å². The number of nitrogens with one attached hydrogen (secondary N) is 1. The molecule has 1 N–H and O–H groups in total. The van der Waals surface area contributed by atoms with Crippen molar-refractivity contribution >= 4 is 27.3 Å². The Morgan fingerprint density at radius 3 is 2.38 bits per heavy atom. The van der Waals surface area contributed by atoms with E-state index in [1.807, 2.05) is 12.1 Å². The van der Waals surface area contributed by atoms with Crippen molar-refractivity contribution in [3.05, 3.63) is 63.7 Å². The smallest absolute Gasteiger partial charge is 0.269 e. The van der Waals surface area contributed by atoms with Crippen molar-refractivity contribution in [2.24, 2.45) is 0 Å². The topological polar surface area (TPSA) is 113 Å². The minimum absolute atomic E-state index is 0.0317. The number of carbonyl (C=O) groups is 1. The van der Waals surface area contributed by atoms with Crippen LogP contribution >= 0.6 is 0 Å². The molecule has 1 amide bonds. The molecule has 1 aliphatic heterocycles. The molecule has 1 heterocycles. The standard InChI is InChI=1S/C22H26N4O5S/c27-22(23-19-5-7-20(8-6-19)26(28)29)10-11-24-12-14-25(15-13-24)32(30,31)21-9-4-17-2-1-3-18(17)16-21/h4-9,16H,1-3,10-15H2,(H,23,27). The van der Waals surface area contributed by atoms with Crippen LogP contribution < -0.4 is 5.32 Å². The van der Waals surface area contributed by atoms with Gasteiger partial charge in [0, 0.05) is 57.0 Å². The largest absolute Gasteiger partial charge is 0.326 e. The van der Waals surface area contributed by atoms with Crippen LogP contribution in [0.15, 0.2) is 47.4 Å². The van der Waals surface area contributed by atoms with Gasteiger partial charge in [-0.15, -0.1) is 0 Å². The first-order chi connectivity index (χ1) is 15.3. The quantitative estimate of drug-likeness (QED) is 0.504. The number of hydrogen-bond acceptors (Lipinski definition) is 6. The van der Waals surface area contributed by atoms with Gasteiger partial charge in [-0.3, -0.25) is 14.9 Å². The van der Waals surface area contributed by atoms with E-state index in [0.29, 0.717) is 43.3 Å². The Balaban J connectivity index is 1.25. The fourth-order valence-corrected chi connectivity index (χ4v) is 5.67. The van der Waals surface area contributed by atoms with Crippen molar-refractivity contribution in [3.63, 3.8) is 0 Å². The third-order valence-corrected chi connectivity index (χ3v) is 7.95. The van der Waals surface area contributed by atoms with Crippen LogP contribution in [0, 0.1) is 10.1 Å². The number of nitrogens with zero attached hydrogens (tertiary/aromatic N) is 3. The molecule has 0 spiro atoms. The normalized spacial score (nSPS) is 17.1. The highest BCUT2D eigenvalue weighted by atomic mass is 32.2. The molecule has 32 heavy (non-hydrogen) atoms. The number of sulfonamides is 1. The molecular weight excluding hydrogens is 432 g/mol. The van der Waals surface area contributed by atoms with Gasteiger partial charge in [0.1, 0.15) is 0 Å². The molecule has 1 aliphatic carbocycles. The predicted molar refractivity (Wildman–Crippen MR) is 120 cm³/mol. The Bertz CT molecular complexity index is 1110. The number of hydrogen-bond donors (Lipinski definition) is 1. The van der Waals surface area contributed by atoms with Gasteiger partial charge < -0.3 is 10.2 Å². The minimum Gasteiger partial charge on any atom is -0.326 e. The molecule has 0 atom stereocenters. The predicted octanol–water partition coefficient (Wildman–Crippen LogP) is 2.42. The number of nitro groups is 1. The molecule has 0 saturated carbocycles. The molecule has 2 aromatic rings. The maximum absolute atomic E-state index is 13.0. The van der Waals surface area contributed by atoms with Crippen LogP contribution in [0.3, 0.4) is 0 Å². The second-order valence-corrected chi connectivity index (χ2v) is 10.1. The lowest BCUT2D eigenvalue weighted by atomic mass is 10.1. The van der Waals surface area contributed by atoms with Crippen LogP contribution in [0.2, 0.25) is 0 Å². The number of benzene rings is 2. The Kier molecular flexibility index (Phi) is 6.54. The van der Waals surface area contributed by atoms with E-state index >= 15 is 0 Å². The van der Waals surface area contributed by atoms with E-state index in [1.165, 1.54) is 34.1 Å². The van der Waals surface area contributed by atoms with E-state index in [-0.39, 0.29) is 18.0 Å². The zero-order valence-electron chi connectivity index (χ0n) is 17.7. The van der Waals surface area contributed by atoms with E-state index in [9.17, 15) is 23.3 Å². The molecule has 0 aromatic heterocycles. The summed E-state index contributed by atoms with van der Waals surface area (Å²) < 4.78 is 27.6. The Labute approximate surface area is 187 Å². The average Bonchev–Trinajstić information content (AvgIpc) is 3.26. The van der Waals surface area contributed by atoms with Gasteiger partial charge in [0.2, 0.25) is 15.9 Å². The maximum Gasteiger partial charge on any atom is 0.269 e. The van der Waals surface area contributed by atoms with Crippen molar-refractivity contribution in [2.45, 2.75) is 30.6 Å². The molecule has 2 aromatic carbocycles. The fraction of sp³-hybridized carbons (Fsp3) is 0.409. The summed E-state index contributed by atoms with van der Waals surface area (Å²) in [5, 5.41) is 13.4. The van der Waals surface area contributed by atoms with Gasteiger partial charge in [-0.2, -0.15) is 4.31 Å². The third-order valence-electron chi connectivity index (χ3n) is 6.06. The number of nitro benzene ring substituents is 1. The fourth-order valence-electron chi connectivity index (χ4n) is 4.20. The van der Waals surface area contributed by atoms with Crippen LogP contribution in [0.1, 0.15) is 24.0 Å². The van der Waals surface area contributed by atoms with E-state index in [1.54, 1.807) is 6.07 Å². The van der Waals surface area contributed by atoms with E-state index in [2.05, 4.69) is 10.2 Å². The number of non-ortho nitro benzene ring substituents is 1. The van der Waals surface area contributed by atoms with Crippen molar-refractivity contribution in [2.75, 3.05) is 38.0 Å². The summed E-state index contributed by atoms with van der Waals surface area (Å²) in [6.45, 7) is 2.43. The van der Waals surface area contributed by atoms with Crippen LogP contribution in [0.25, 0.3) is 0 Å². The van der Waals surface area contributed by atoms with Crippen molar-refractivity contribution in [1.82, 2.24) is 9.21 Å². The Morgan fingerprint density at radius 1 is 1.00 bits per heavy atom. The molecule has 9 nitrogen and oxygen atoms in total. The van der Waals surface area contributed by atoms with E-state index in [0.717, 1.165) is 24.8 Å². The lowest BCUT2D eigenvalue weighted by Gasteiger charge is -2.33. The van der Waals surface area contributed by atoms with Gasteiger partial charge in [0.15, 0.2) is 0 Å². The molecule has 4 rings (SSSR count). The van der Waals surface area contributed by atoms with Crippen LogP contribution in [0.5, 0.6) is 0 Å². The third kappa shape index (κ3) is 4.98. The monoisotopic (exact) mass is 458 g/mol. The molecule has 1 fully saturated rings. The summed E-state index contributed by atoms with van der Waals surface area (Å²) in [5.74, 6) is -0.188. The van der Waals surface area contributed by atoms with Crippen LogP contribution in [-0.4, -0.2) is 61.2 Å². The van der Waals surface area contributed by atoms with Crippen molar-refractivity contribution in [3.8, 4) is 0 Å². The summed E-state index contributed by atoms with van der Waals surface area (Å²) in [4.78, 5) is 24.8. The van der Waals surface area contributed by atoms with Crippen LogP contribution in [-0.2, 0) is 27.7 Å². The lowest BCUT2D eigenvalue weighted by molar-refractivity contribution is -0.384. The summed E-state index contributed by atoms with van der Waals surface area (Å²) >= 11 is 0. The highest BCUT2D eigenvalue weighted by Gasteiger charge is 2.29. The van der Waals surface area contributed by atoms with Crippen molar-refractivity contribution < 1.29 is 18.1 Å². The molecule has 170 valence electrons. The number of rotatable bonds is 7. The summed E-state index contributed by atoms with van der Waals surface area (Å²) in [5.41, 5.74) is 2.87. The van der Waals surface area contributed by atoms with Crippen LogP contribution in [0.4, 0.5) is 11.4 Å². The number of carbonyl (C=O) groups excluding carboxylic acids is 1. The van der Waals surface area contributed by atoms with Gasteiger partial charge in [0.05, 0.1) is 9.82 Å². The molecule has 0 bridgehead atoms. The summed E-state index contributed by atoms with van der Waals surface area (Å²) in [7, 11) is -3.51. The molecule has 1 saturated heterocycles. The second kappa shape index (κ2) is 9.35. The Morgan fingerprint density at radius 2 is 1.69 bits per heavy atom. The zero-order valence-corrected chi connectivity index (χ0v) is 18.5. The summed E-state index contributed by atoms with van der Waals surface area (Å²) in [6, 6.07) is 11.2. The van der Waals surface area contributed by atoms with Gasteiger partial charge in [-0.25, -0.2) is 8.42 Å². The number of fused-ring (bicyclic) bond motifs is 1. The van der Waals surface area contributed by atoms with E-state index in [4.69, 9.17) is 0 Å². The molecule has 0 radical (unpaired) electrons. The lowest BCUT2D eigenvalue weighted by Crippen LogP contribution is -2.49. The summed E-state index contributed by atoms with van der Waals surface area (Å²) in [6.07, 6.45) is 3.30. The SMILES string of the molecule is O=C(CCN1CCN(S(=O)(=O)c2ccc3c(c2)CCC3)CC1)Nc1ccc([N+](=O)[O-])cc1. The molecule has 2 aliphatic rings. The Hall–Kier alpha value is -2.82. The highest BCUT2D eigenvalue weighted by Crippen LogP contribution is 2.26. The van der Waals surface area contributed by atoms with Gasteiger partial charge in [0.25, 0.3) is 5.69 Å². The van der Waals surface area contributed by atoms with Gasteiger partial charge >= 0.3 is 0 Å². The molecule has 10 heteroatoms. The average molecular weight is 459 g/mol. The number of piperazine rings is 1. The minimum atomic E-state index is -3.51. The number of amides is 1. The van der Waals surface area contributed by atoms with Gasteiger partial charge in [-0.05, 0) is 54.7 Å². The number of aryl methyl sites for hydroxylation is 2. The first-order valence-corrected chi connectivity index (χ1v) is 12.2. The van der Waals surface area contributed by atoms with Crippen molar-refractivity contribution in [1.29, 1.82) is 0 Å². The first-order valence-electron chi connectivity index (χ1n) is 10.7. The second-order valence-electron chi connectivity index (χ2n) is 8.13. The molecular formula is C22H26N4O5S.